The third-order valence-corrected chi connectivity index (χ3v) is 4.72. The van der Waals surface area contributed by atoms with Gasteiger partial charge in [-0.25, -0.2) is 13.2 Å². The number of nitrogens with one attached hydrogen (secondary N) is 2. The van der Waals surface area contributed by atoms with Gasteiger partial charge in [-0.2, -0.15) is 0 Å². The molecular formula is C19H24N2O4S. The second-order valence-electron chi connectivity index (χ2n) is 6.37. The maximum atomic E-state index is 12.2. The van der Waals surface area contributed by atoms with E-state index in [2.05, 4.69) is 10.6 Å². The molecule has 26 heavy (non-hydrogen) atoms. The van der Waals surface area contributed by atoms with Crippen LogP contribution in [0.25, 0.3) is 0 Å². The third-order valence-electron chi connectivity index (χ3n) is 3.61. The van der Waals surface area contributed by atoms with Crippen molar-refractivity contribution in [2.75, 3.05) is 11.6 Å². The van der Waals surface area contributed by atoms with Crippen LogP contribution < -0.4 is 15.4 Å². The van der Waals surface area contributed by atoms with E-state index in [9.17, 15) is 13.2 Å². The summed E-state index contributed by atoms with van der Waals surface area (Å²) < 4.78 is 29.0. The van der Waals surface area contributed by atoms with Gasteiger partial charge in [0, 0.05) is 18.5 Å². The van der Waals surface area contributed by atoms with E-state index in [0.29, 0.717) is 12.2 Å². The number of carbonyl (C=O) groups is 1. The first-order valence-electron chi connectivity index (χ1n) is 8.26. The monoisotopic (exact) mass is 376 g/mol. The summed E-state index contributed by atoms with van der Waals surface area (Å²) in [5, 5.41) is 5.45. The molecule has 7 heteroatoms. The predicted molar refractivity (Wildman–Crippen MR) is 102 cm³/mol. The number of hydrogen-bond acceptors (Lipinski definition) is 4. The van der Waals surface area contributed by atoms with Crippen molar-refractivity contribution in [3.63, 3.8) is 0 Å². The van der Waals surface area contributed by atoms with E-state index in [1.165, 1.54) is 12.1 Å². The van der Waals surface area contributed by atoms with Crippen LogP contribution in [0, 0.1) is 6.92 Å². The molecule has 2 amide bonds. The van der Waals surface area contributed by atoms with Gasteiger partial charge in [0.25, 0.3) is 0 Å². The molecular weight excluding hydrogens is 352 g/mol. The van der Waals surface area contributed by atoms with Crippen molar-refractivity contribution in [3.8, 4) is 5.75 Å². The van der Waals surface area contributed by atoms with E-state index >= 15 is 0 Å². The number of amides is 2. The number of aryl methyl sites for hydroxylation is 1. The largest absolute Gasteiger partial charge is 0.491 e. The van der Waals surface area contributed by atoms with Gasteiger partial charge in [-0.1, -0.05) is 18.2 Å². The Labute approximate surface area is 154 Å². The molecule has 2 N–H and O–H groups in total. The molecule has 0 saturated carbocycles. The molecule has 6 nitrogen and oxygen atoms in total. The zero-order valence-electron chi connectivity index (χ0n) is 15.4. The average molecular weight is 376 g/mol. The van der Waals surface area contributed by atoms with Crippen molar-refractivity contribution in [3.05, 3.63) is 53.6 Å². The average Bonchev–Trinajstić information content (AvgIpc) is 2.54. The van der Waals surface area contributed by atoms with Gasteiger partial charge in [-0.15, -0.1) is 0 Å². The number of ether oxygens (including phenoxy) is 1. The Morgan fingerprint density at radius 3 is 2.54 bits per heavy atom. The van der Waals surface area contributed by atoms with Crippen LogP contribution in [-0.4, -0.2) is 26.8 Å². The van der Waals surface area contributed by atoms with Crippen molar-refractivity contribution in [1.82, 2.24) is 5.32 Å². The molecule has 0 unspecified atom stereocenters. The van der Waals surface area contributed by atoms with Crippen molar-refractivity contribution in [2.24, 2.45) is 0 Å². The first-order chi connectivity index (χ1) is 12.1. The van der Waals surface area contributed by atoms with Gasteiger partial charge >= 0.3 is 6.03 Å². The lowest BCUT2D eigenvalue weighted by atomic mass is 10.2. The fourth-order valence-corrected chi connectivity index (χ4v) is 2.96. The highest BCUT2D eigenvalue weighted by Crippen LogP contribution is 2.20. The second-order valence-corrected chi connectivity index (χ2v) is 8.39. The Hall–Kier alpha value is -2.54. The van der Waals surface area contributed by atoms with Gasteiger partial charge in [0.15, 0.2) is 9.84 Å². The van der Waals surface area contributed by atoms with Gasteiger partial charge in [0.1, 0.15) is 5.75 Å². The van der Waals surface area contributed by atoms with Crippen LogP contribution in [0.15, 0.2) is 47.4 Å². The van der Waals surface area contributed by atoms with E-state index in [1.807, 2.05) is 38.1 Å². The molecule has 0 aliphatic heterocycles. The molecule has 0 fully saturated rings. The standard InChI is InChI=1S/C19H24N2O4S/c1-13(2)25-16-7-5-6-15(10-16)12-20-19(22)21-18-11-17(26(4,23)24)9-8-14(18)3/h5-11,13H,12H2,1-4H3,(H2,20,21,22). The predicted octanol–water partition coefficient (Wildman–Crippen LogP) is 3.51. The molecule has 0 aliphatic carbocycles. The molecule has 0 heterocycles. The Bertz CT molecular complexity index is 892. The highest BCUT2D eigenvalue weighted by Gasteiger charge is 2.11. The molecule has 0 atom stereocenters. The van der Waals surface area contributed by atoms with Crippen LogP contribution in [0.4, 0.5) is 10.5 Å². The summed E-state index contributed by atoms with van der Waals surface area (Å²) >= 11 is 0. The molecule has 0 saturated heterocycles. The van der Waals surface area contributed by atoms with Crippen LogP contribution in [0.2, 0.25) is 0 Å². The Morgan fingerprint density at radius 2 is 1.88 bits per heavy atom. The topological polar surface area (TPSA) is 84.5 Å². The Kier molecular flexibility index (Phi) is 6.26. The summed E-state index contributed by atoms with van der Waals surface area (Å²) in [5.74, 6) is 0.747. The number of hydrogen-bond donors (Lipinski definition) is 2. The van der Waals surface area contributed by atoms with Gasteiger partial charge in [0.2, 0.25) is 0 Å². The Balaban J connectivity index is 2.01. The highest BCUT2D eigenvalue weighted by atomic mass is 32.2. The second kappa shape index (κ2) is 8.23. The Morgan fingerprint density at radius 1 is 1.15 bits per heavy atom. The molecule has 0 radical (unpaired) electrons. The zero-order chi connectivity index (χ0) is 19.3. The summed E-state index contributed by atoms with van der Waals surface area (Å²) in [6, 6.07) is 11.7. The maximum absolute atomic E-state index is 12.2. The smallest absolute Gasteiger partial charge is 0.319 e. The fourth-order valence-electron chi connectivity index (χ4n) is 2.32. The van der Waals surface area contributed by atoms with Crippen molar-refractivity contribution >= 4 is 21.6 Å². The highest BCUT2D eigenvalue weighted by molar-refractivity contribution is 7.90. The minimum Gasteiger partial charge on any atom is -0.491 e. The van der Waals surface area contributed by atoms with Crippen molar-refractivity contribution in [2.45, 2.75) is 38.3 Å². The summed E-state index contributed by atoms with van der Waals surface area (Å²) in [5.41, 5.74) is 2.14. The fraction of sp³-hybridized carbons (Fsp3) is 0.316. The van der Waals surface area contributed by atoms with Crippen molar-refractivity contribution < 1.29 is 17.9 Å². The van der Waals surface area contributed by atoms with Gasteiger partial charge in [-0.3, -0.25) is 0 Å². The minimum absolute atomic E-state index is 0.0756. The lowest BCUT2D eigenvalue weighted by molar-refractivity contribution is 0.242. The number of urea groups is 1. The van der Waals surface area contributed by atoms with Gasteiger partial charge in [0.05, 0.1) is 11.0 Å². The van der Waals surface area contributed by atoms with Gasteiger partial charge in [-0.05, 0) is 56.2 Å². The first kappa shape index (κ1) is 19.8. The van der Waals surface area contributed by atoms with E-state index in [-0.39, 0.29) is 11.0 Å². The third kappa shape index (κ3) is 5.77. The maximum Gasteiger partial charge on any atom is 0.319 e. The molecule has 2 rings (SSSR count). The quantitative estimate of drug-likeness (QED) is 0.808. The molecule has 0 aromatic heterocycles. The minimum atomic E-state index is -3.33. The number of benzene rings is 2. The lowest BCUT2D eigenvalue weighted by Crippen LogP contribution is -2.28. The number of sulfone groups is 1. The molecule has 0 bridgehead atoms. The van der Waals surface area contributed by atoms with E-state index in [1.54, 1.807) is 13.0 Å². The van der Waals surface area contributed by atoms with E-state index < -0.39 is 15.9 Å². The first-order valence-corrected chi connectivity index (χ1v) is 10.2. The van der Waals surface area contributed by atoms with Gasteiger partial charge < -0.3 is 15.4 Å². The van der Waals surface area contributed by atoms with Crippen LogP contribution in [-0.2, 0) is 16.4 Å². The number of anilines is 1. The summed E-state index contributed by atoms with van der Waals surface area (Å²) in [6.45, 7) is 6.02. The number of rotatable bonds is 6. The molecule has 0 spiro atoms. The molecule has 0 aliphatic rings. The van der Waals surface area contributed by atoms with Crippen LogP contribution in [0.5, 0.6) is 5.75 Å². The van der Waals surface area contributed by atoms with E-state index in [4.69, 9.17) is 4.74 Å². The van der Waals surface area contributed by atoms with Crippen LogP contribution in [0.1, 0.15) is 25.0 Å². The lowest BCUT2D eigenvalue weighted by Gasteiger charge is -2.13. The normalized spacial score (nSPS) is 11.3. The van der Waals surface area contributed by atoms with Crippen molar-refractivity contribution in [1.29, 1.82) is 0 Å². The number of carbonyl (C=O) groups excluding carboxylic acids is 1. The zero-order valence-corrected chi connectivity index (χ0v) is 16.2. The van der Waals surface area contributed by atoms with Crippen LogP contribution >= 0.6 is 0 Å². The summed E-state index contributed by atoms with van der Waals surface area (Å²) in [4.78, 5) is 12.3. The van der Waals surface area contributed by atoms with Crippen LogP contribution in [0.3, 0.4) is 0 Å². The summed E-state index contributed by atoms with van der Waals surface area (Å²) in [7, 11) is -3.33. The molecule has 140 valence electrons. The molecule has 2 aromatic rings. The van der Waals surface area contributed by atoms with E-state index in [0.717, 1.165) is 23.1 Å². The summed E-state index contributed by atoms with van der Waals surface area (Å²) in [6.07, 6.45) is 1.21. The SMILES string of the molecule is Cc1ccc(S(C)(=O)=O)cc1NC(=O)NCc1cccc(OC(C)C)c1. The molecule has 2 aromatic carbocycles.